The summed E-state index contributed by atoms with van der Waals surface area (Å²) in [6.07, 6.45) is 2.41. The van der Waals surface area contributed by atoms with E-state index in [9.17, 15) is 4.79 Å². The summed E-state index contributed by atoms with van der Waals surface area (Å²) < 4.78 is 7.33. The standard InChI is InChI=1S/C16H21N3O2S/c1-3-19-15-10-18(16(20)7-13-5-4-6-22-13)9-12(11-21-2)14(15)8-17-19/h4-6,8,12H,3,7,9-11H2,1-2H3/t12-/m1/s1. The highest BCUT2D eigenvalue weighted by Gasteiger charge is 2.31. The van der Waals surface area contributed by atoms with E-state index in [0.29, 0.717) is 26.1 Å². The van der Waals surface area contributed by atoms with Gasteiger partial charge in [0.15, 0.2) is 0 Å². The quantitative estimate of drug-likeness (QED) is 0.849. The lowest BCUT2D eigenvalue weighted by Crippen LogP contribution is -2.40. The molecule has 5 nitrogen and oxygen atoms in total. The number of aromatic nitrogens is 2. The van der Waals surface area contributed by atoms with E-state index in [-0.39, 0.29) is 11.8 Å². The molecule has 3 rings (SSSR count). The highest BCUT2D eigenvalue weighted by molar-refractivity contribution is 7.10. The minimum Gasteiger partial charge on any atom is -0.384 e. The number of carbonyl (C=O) groups excluding carboxylic acids is 1. The molecule has 0 saturated heterocycles. The Morgan fingerprint density at radius 1 is 1.55 bits per heavy atom. The smallest absolute Gasteiger partial charge is 0.228 e. The molecule has 2 aromatic heterocycles. The molecular formula is C16H21N3O2S. The maximum atomic E-state index is 12.6. The third kappa shape index (κ3) is 2.94. The topological polar surface area (TPSA) is 47.4 Å². The second-order valence-electron chi connectivity index (χ2n) is 5.55. The number of ether oxygens (including phenoxy) is 1. The number of thiophene rings is 1. The third-order valence-corrected chi connectivity index (χ3v) is 5.00. The number of hydrogen-bond donors (Lipinski definition) is 0. The van der Waals surface area contributed by atoms with Gasteiger partial charge in [-0.1, -0.05) is 6.07 Å². The largest absolute Gasteiger partial charge is 0.384 e. The summed E-state index contributed by atoms with van der Waals surface area (Å²) in [4.78, 5) is 15.7. The van der Waals surface area contributed by atoms with Gasteiger partial charge in [-0.3, -0.25) is 9.48 Å². The molecule has 22 heavy (non-hydrogen) atoms. The maximum Gasteiger partial charge on any atom is 0.228 e. The fourth-order valence-corrected chi connectivity index (χ4v) is 3.72. The Labute approximate surface area is 134 Å². The lowest BCUT2D eigenvalue weighted by atomic mass is 9.95. The van der Waals surface area contributed by atoms with Gasteiger partial charge in [-0.2, -0.15) is 5.10 Å². The summed E-state index contributed by atoms with van der Waals surface area (Å²) in [5, 5.41) is 6.45. The SMILES string of the molecule is CCn1ncc2c1CN(C(=O)Cc1cccs1)C[C@@H]2COC. The van der Waals surface area contributed by atoms with Gasteiger partial charge in [0.1, 0.15) is 0 Å². The lowest BCUT2D eigenvalue weighted by Gasteiger charge is -2.33. The normalized spacial score (nSPS) is 17.5. The van der Waals surface area contributed by atoms with E-state index < -0.39 is 0 Å². The van der Waals surface area contributed by atoms with E-state index in [1.807, 2.05) is 33.3 Å². The predicted molar refractivity (Wildman–Crippen MR) is 86.0 cm³/mol. The van der Waals surface area contributed by atoms with Crippen LogP contribution in [0.1, 0.15) is 29.0 Å². The molecule has 0 fully saturated rings. The molecule has 0 saturated carbocycles. The fourth-order valence-electron chi connectivity index (χ4n) is 3.03. The van der Waals surface area contributed by atoms with Crippen LogP contribution in [0.15, 0.2) is 23.7 Å². The first kappa shape index (κ1) is 15.2. The first-order chi connectivity index (χ1) is 10.7. The second-order valence-corrected chi connectivity index (χ2v) is 6.58. The molecule has 0 spiro atoms. The summed E-state index contributed by atoms with van der Waals surface area (Å²) in [6.45, 7) is 4.87. The van der Waals surface area contributed by atoms with Crippen molar-refractivity contribution in [1.29, 1.82) is 0 Å². The van der Waals surface area contributed by atoms with E-state index in [4.69, 9.17) is 4.74 Å². The first-order valence-electron chi connectivity index (χ1n) is 7.56. The number of hydrogen-bond acceptors (Lipinski definition) is 4. The molecule has 1 aliphatic heterocycles. The van der Waals surface area contributed by atoms with Crippen LogP contribution in [-0.4, -0.2) is 40.8 Å². The molecule has 2 aromatic rings. The fraction of sp³-hybridized carbons (Fsp3) is 0.500. The van der Waals surface area contributed by atoms with Crippen LogP contribution in [-0.2, 0) is 29.0 Å². The van der Waals surface area contributed by atoms with Crippen LogP contribution in [0, 0.1) is 0 Å². The third-order valence-electron chi connectivity index (χ3n) is 4.13. The van der Waals surface area contributed by atoms with E-state index in [0.717, 1.165) is 17.1 Å². The number of carbonyl (C=O) groups is 1. The Hall–Kier alpha value is -1.66. The Morgan fingerprint density at radius 3 is 3.09 bits per heavy atom. The van der Waals surface area contributed by atoms with E-state index in [1.54, 1.807) is 18.4 Å². The average Bonchev–Trinajstić information content (AvgIpc) is 3.16. The molecule has 118 valence electrons. The Balaban J connectivity index is 1.80. The molecule has 0 radical (unpaired) electrons. The van der Waals surface area contributed by atoms with Gasteiger partial charge in [-0.25, -0.2) is 0 Å². The summed E-state index contributed by atoms with van der Waals surface area (Å²) >= 11 is 1.63. The van der Waals surface area contributed by atoms with Crippen molar-refractivity contribution in [3.63, 3.8) is 0 Å². The van der Waals surface area contributed by atoms with E-state index in [1.165, 1.54) is 5.56 Å². The van der Waals surface area contributed by atoms with Gasteiger partial charge < -0.3 is 9.64 Å². The van der Waals surface area contributed by atoms with Crippen LogP contribution in [0.2, 0.25) is 0 Å². The Morgan fingerprint density at radius 2 is 2.41 bits per heavy atom. The minimum absolute atomic E-state index is 0.179. The van der Waals surface area contributed by atoms with Crippen molar-refractivity contribution in [3.8, 4) is 0 Å². The van der Waals surface area contributed by atoms with Crippen LogP contribution in [0.4, 0.5) is 0 Å². The van der Waals surface area contributed by atoms with Crippen molar-refractivity contribution < 1.29 is 9.53 Å². The molecule has 3 heterocycles. The number of amides is 1. The van der Waals surface area contributed by atoms with Crippen LogP contribution in [0.25, 0.3) is 0 Å². The second kappa shape index (κ2) is 6.62. The van der Waals surface area contributed by atoms with Crippen molar-refractivity contribution in [2.45, 2.75) is 32.4 Å². The zero-order chi connectivity index (χ0) is 15.5. The minimum atomic E-state index is 0.179. The zero-order valence-corrected chi connectivity index (χ0v) is 13.8. The first-order valence-corrected chi connectivity index (χ1v) is 8.44. The number of methoxy groups -OCH3 is 1. The molecule has 0 unspecified atom stereocenters. The maximum absolute atomic E-state index is 12.6. The van der Waals surface area contributed by atoms with Crippen molar-refractivity contribution in [2.75, 3.05) is 20.3 Å². The van der Waals surface area contributed by atoms with Crippen LogP contribution in [0.5, 0.6) is 0 Å². The molecule has 0 N–H and O–H groups in total. The van der Waals surface area contributed by atoms with Gasteiger partial charge >= 0.3 is 0 Å². The molecule has 0 bridgehead atoms. The van der Waals surface area contributed by atoms with Crippen LogP contribution < -0.4 is 0 Å². The highest BCUT2D eigenvalue weighted by Crippen LogP contribution is 2.29. The number of fused-ring (bicyclic) bond motifs is 1. The molecule has 6 heteroatoms. The molecule has 1 atom stereocenters. The molecule has 1 amide bonds. The number of rotatable bonds is 5. The Kier molecular flexibility index (Phi) is 4.59. The van der Waals surface area contributed by atoms with Gasteiger partial charge in [0.2, 0.25) is 5.91 Å². The molecule has 0 aromatic carbocycles. The summed E-state index contributed by atoms with van der Waals surface area (Å²) in [6, 6.07) is 4.00. The van der Waals surface area contributed by atoms with Gasteiger partial charge in [0.05, 0.1) is 31.5 Å². The van der Waals surface area contributed by atoms with Crippen molar-refractivity contribution in [3.05, 3.63) is 39.8 Å². The molecular weight excluding hydrogens is 298 g/mol. The van der Waals surface area contributed by atoms with E-state index >= 15 is 0 Å². The highest BCUT2D eigenvalue weighted by atomic mass is 32.1. The molecule has 1 aliphatic rings. The monoisotopic (exact) mass is 319 g/mol. The number of nitrogens with zero attached hydrogens (tertiary/aromatic N) is 3. The summed E-state index contributed by atoms with van der Waals surface area (Å²) in [5.41, 5.74) is 2.37. The van der Waals surface area contributed by atoms with Crippen LogP contribution >= 0.6 is 11.3 Å². The molecule has 0 aliphatic carbocycles. The van der Waals surface area contributed by atoms with Gasteiger partial charge in [0, 0.05) is 36.6 Å². The lowest BCUT2D eigenvalue weighted by molar-refractivity contribution is -0.132. The van der Waals surface area contributed by atoms with Crippen LogP contribution in [0.3, 0.4) is 0 Å². The number of aryl methyl sites for hydroxylation is 1. The Bertz CT molecular complexity index is 636. The summed E-state index contributed by atoms with van der Waals surface area (Å²) in [5.74, 6) is 0.388. The van der Waals surface area contributed by atoms with Crippen molar-refractivity contribution in [1.82, 2.24) is 14.7 Å². The van der Waals surface area contributed by atoms with Crippen molar-refractivity contribution >= 4 is 17.2 Å². The predicted octanol–water partition coefficient (Wildman–Crippen LogP) is 2.28. The van der Waals surface area contributed by atoms with Gasteiger partial charge in [-0.15, -0.1) is 11.3 Å². The van der Waals surface area contributed by atoms with E-state index in [2.05, 4.69) is 12.0 Å². The van der Waals surface area contributed by atoms with Crippen molar-refractivity contribution in [2.24, 2.45) is 0 Å². The zero-order valence-electron chi connectivity index (χ0n) is 13.0. The average molecular weight is 319 g/mol. The van der Waals surface area contributed by atoms with Gasteiger partial charge in [-0.05, 0) is 18.4 Å². The van der Waals surface area contributed by atoms with Gasteiger partial charge in [0.25, 0.3) is 0 Å². The summed E-state index contributed by atoms with van der Waals surface area (Å²) in [7, 11) is 1.70.